The van der Waals surface area contributed by atoms with Crippen molar-refractivity contribution in [2.45, 2.75) is 33.4 Å². The summed E-state index contributed by atoms with van der Waals surface area (Å²) in [5.74, 6) is 0.977. The van der Waals surface area contributed by atoms with Gasteiger partial charge in [0.1, 0.15) is 11.6 Å². The molecule has 172 valence electrons. The molecule has 1 aromatic heterocycles. The van der Waals surface area contributed by atoms with Gasteiger partial charge in [-0.3, -0.25) is 4.90 Å². The molecule has 0 radical (unpaired) electrons. The lowest BCUT2D eigenvalue weighted by Gasteiger charge is -2.26. The van der Waals surface area contributed by atoms with Gasteiger partial charge in [-0.1, -0.05) is 38.1 Å². The molecule has 7 heteroatoms. The molecule has 3 rings (SSSR count). The SMILES string of the molecule is COC[C@H](O)CN(Cc1c(C)nn(-c2ccccc2)c1Oc1cccc(F)c1)CC(C)C. The number of halogens is 1. The standard InChI is InChI=1S/C25H32FN3O3/c1-18(2)14-28(15-22(30)17-31-4)16-24-19(3)27-29(21-10-6-5-7-11-21)25(24)32-23-12-8-9-20(26)13-23/h5-13,18,22,30H,14-17H2,1-4H3/t22-/m1/s1. The van der Waals surface area contributed by atoms with Crippen LogP contribution in [0.1, 0.15) is 25.1 Å². The number of methoxy groups -OCH3 is 1. The zero-order valence-electron chi connectivity index (χ0n) is 19.2. The Labute approximate surface area is 189 Å². The minimum atomic E-state index is -0.601. The third-order valence-electron chi connectivity index (χ3n) is 4.98. The average molecular weight is 442 g/mol. The first kappa shape index (κ1) is 23.9. The molecule has 0 aliphatic carbocycles. The molecular weight excluding hydrogens is 409 g/mol. The molecule has 1 atom stereocenters. The van der Waals surface area contributed by atoms with Crippen molar-refractivity contribution >= 4 is 0 Å². The average Bonchev–Trinajstić information content (AvgIpc) is 3.04. The monoisotopic (exact) mass is 441 g/mol. The molecule has 1 heterocycles. The molecule has 0 spiro atoms. The Morgan fingerprint density at radius 3 is 2.50 bits per heavy atom. The van der Waals surface area contributed by atoms with Gasteiger partial charge in [0.15, 0.2) is 0 Å². The van der Waals surface area contributed by atoms with E-state index in [2.05, 4.69) is 18.7 Å². The van der Waals surface area contributed by atoms with Crippen LogP contribution in [-0.4, -0.2) is 52.7 Å². The van der Waals surface area contributed by atoms with Crippen LogP contribution in [0, 0.1) is 18.7 Å². The zero-order valence-corrected chi connectivity index (χ0v) is 19.2. The summed E-state index contributed by atoms with van der Waals surface area (Å²) in [5, 5.41) is 15.1. The van der Waals surface area contributed by atoms with Crippen molar-refractivity contribution in [2.24, 2.45) is 5.92 Å². The van der Waals surface area contributed by atoms with Crippen molar-refractivity contribution in [3.05, 3.63) is 71.7 Å². The number of benzene rings is 2. The highest BCUT2D eigenvalue weighted by molar-refractivity contribution is 5.43. The first-order valence-electron chi connectivity index (χ1n) is 10.8. The molecule has 0 unspecified atom stereocenters. The summed E-state index contributed by atoms with van der Waals surface area (Å²) in [6.45, 7) is 8.26. The second-order valence-corrected chi connectivity index (χ2v) is 8.37. The number of rotatable bonds is 11. The van der Waals surface area contributed by atoms with E-state index in [9.17, 15) is 9.50 Å². The summed E-state index contributed by atoms with van der Waals surface area (Å²) < 4.78 is 26.9. The third-order valence-corrected chi connectivity index (χ3v) is 4.98. The smallest absolute Gasteiger partial charge is 0.227 e. The van der Waals surface area contributed by atoms with Gasteiger partial charge in [-0.15, -0.1) is 0 Å². The van der Waals surface area contributed by atoms with Crippen LogP contribution in [0.4, 0.5) is 4.39 Å². The molecule has 1 N–H and O–H groups in total. The third kappa shape index (κ3) is 6.38. The quantitative estimate of drug-likeness (QED) is 0.472. The molecule has 32 heavy (non-hydrogen) atoms. The number of ether oxygens (including phenoxy) is 2. The van der Waals surface area contributed by atoms with Crippen LogP contribution >= 0.6 is 0 Å². The fraction of sp³-hybridized carbons (Fsp3) is 0.400. The van der Waals surface area contributed by atoms with E-state index in [4.69, 9.17) is 14.6 Å². The van der Waals surface area contributed by atoms with Crippen LogP contribution in [0.3, 0.4) is 0 Å². The molecular formula is C25H32FN3O3. The molecule has 6 nitrogen and oxygen atoms in total. The van der Waals surface area contributed by atoms with Crippen LogP contribution in [0.5, 0.6) is 11.6 Å². The van der Waals surface area contributed by atoms with Gasteiger partial charge >= 0.3 is 0 Å². The van der Waals surface area contributed by atoms with Gasteiger partial charge in [0.2, 0.25) is 5.88 Å². The molecule has 0 fully saturated rings. The zero-order chi connectivity index (χ0) is 23.1. The number of nitrogens with zero attached hydrogens (tertiary/aromatic N) is 3. The van der Waals surface area contributed by atoms with Gasteiger partial charge in [0.05, 0.1) is 29.7 Å². The molecule has 0 bridgehead atoms. The number of hydrogen-bond donors (Lipinski definition) is 1. The van der Waals surface area contributed by atoms with Gasteiger partial charge in [-0.2, -0.15) is 5.10 Å². The maximum absolute atomic E-state index is 13.8. The van der Waals surface area contributed by atoms with Crippen LogP contribution in [0.2, 0.25) is 0 Å². The van der Waals surface area contributed by atoms with Crippen molar-refractivity contribution in [3.8, 4) is 17.3 Å². The molecule has 3 aromatic rings. The number of aryl methyl sites for hydroxylation is 1. The van der Waals surface area contributed by atoms with E-state index in [1.54, 1.807) is 23.9 Å². The first-order chi connectivity index (χ1) is 15.4. The lowest BCUT2D eigenvalue weighted by atomic mass is 10.1. The Kier molecular flexibility index (Phi) is 8.39. The van der Waals surface area contributed by atoms with E-state index < -0.39 is 6.10 Å². The van der Waals surface area contributed by atoms with E-state index >= 15 is 0 Å². The van der Waals surface area contributed by atoms with Crippen LogP contribution in [-0.2, 0) is 11.3 Å². The molecule has 0 amide bonds. The Bertz CT molecular complexity index is 991. The summed E-state index contributed by atoms with van der Waals surface area (Å²) in [7, 11) is 1.58. The van der Waals surface area contributed by atoms with E-state index in [1.807, 2.05) is 37.3 Å². The van der Waals surface area contributed by atoms with E-state index in [0.717, 1.165) is 23.5 Å². The molecule has 2 aromatic carbocycles. The predicted octanol–water partition coefficient (Wildman–Crippen LogP) is 4.58. The van der Waals surface area contributed by atoms with Gasteiger partial charge in [0.25, 0.3) is 0 Å². The van der Waals surface area contributed by atoms with Gasteiger partial charge in [0, 0.05) is 32.8 Å². The van der Waals surface area contributed by atoms with Crippen LogP contribution in [0.25, 0.3) is 5.69 Å². The molecule has 0 aliphatic rings. The van der Waals surface area contributed by atoms with Gasteiger partial charge in [-0.25, -0.2) is 9.07 Å². The van der Waals surface area contributed by atoms with Crippen molar-refractivity contribution in [3.63, 3.8) is 0 Å². The normalized spacial score (nSPS) is 12.5. The van der Waals surface area contributed by atoms with Crippen molar-refractivity contribution in [2.75, 3.05) is 26.8 Å². The summed E-state index contributed by atoms with van der Waals surface area (Å²) in [5.41, 5.74) is 2.56. The highest BCUT2D eigenvalue weighted by Crippen LogP contribution is 2.32. The maximum Gasteiger partial charge on any atom is 0.227 e. The van der Waals surface area contributed by atoms with Crippen molar-refractivity contribution < 1.29 is 19.0 Å². The van der Waals surface area contributed by atoms with E-state index in [1.165, 1.54) is 12.1 Å². The Hall–Kier alpha value is -2.74. The molecule has 0 aliphatic heterocycles. The first-order valence-corrected chi connectivity index (χ1v) is 10.8. The number of aromatic nitrogens is 2. The minimum absolute atomic E-state index is 0.267. The highest BCUT2D eigenvalue weighted by Gasteiger charge is 2.23. The number of aliphatic hydroxyl groups excluding tert-OH is 1. The number of para-hydroxylation sites is 1. The summed E-state index contributed by atoms with van der Waals surface area (Å²) in [6, 6.07) is 15.8. The minimum Gasteiger partial charge on any atom is -0.438 e. The summed E-state index contributed by atoms with van der Waals surface area (Å²) in [4.78, 5) is 2.17. The summed E-state index contributed by atoms with van der Waals surface area (Å²) >= 11 is 0. The van der Waals surface area contributed by atoms with Crippen LogP contribution < -0.4 is 4.74 Å². The number of aliphatic hydroxyl groups is 1. The van der Waals surface area contributed by atoms with Crippen molar-refractivity contribution in [1.29, 1.82) is 0 Å². The Morgan fingerprint density at radius 2 is 1.84 bits per heavy atom. The second-order valence-electron chi connectivity index (χ2n) is 8.37. The van der Waals surface area contributed by atoms with Crippen molar-refractivity contribution in [1.82, 2.24) is 14.7 Å². The number of hydrogen-bond acceptors (Lipinski definition) is 5. The Morgan fingerprint density at radius 1 is 1.09 bits per heavy atom. The van der Waals surface area contributed by atoms with Gasteiger partial charge in [-0.05, 0) is 37.1 Å². The predicted molar refractivity (Wildman–Crippen MR) is 123 cm³/mol. The maximum atomic E-state index is 13.8. The fourth-order valence-corrected chi connectivity index (χ4v) is 3.70. The second kappa shape index (κ2) is 11.2. The largest absolute Gasteiger partial charge is 0.438 e. The Balaban J connectivity index is 2.00. The molecule has 0 saturated heterocycles. The molecule has 0 saturated carbocycles. The highest BCUT2D eigenvalue weighted by atomic mass is 19.1. The summed E-state index contributed by atoms with van der Waals surface area (Å²) in [6.07, 6.45) is -0.601. The topological polar surface area (TPSA) is 59.8 Å². The fourth-order valence-electron chi connectivity index (χ4n) is 3.70. The van der Waals surface area contributed by atoms with E-state index in [-0.39, 0.29) is 12.4 Å². The lowest BCUT2D eigenvalue weighted by molar-refractivity contribution is 0.0329. The van der Waals surface area contributed by atoms with E-state index in [0.29, 0.717) is 30.6 Å². The lowest BCUT2D eigenvalue weighted by Crippen LogP contribution is -2.36. The van der Waals surface area contributed by atoms with Gasteiger partial charge < -0.3 is 14.6 Å². The van der Waals surface area contributed by atoms with Crippen LogP contribution in [0.15, 0.2) is 54.6 Å².